The highest BCUT2D eigenvalue weighted by molar-refractivity contribution is 7.89. The lowest BCUT2D eigenvalue weighted by molar-refractivity contribution is 0.0600. The van der Waals surface area contributed by atoms with Gasteiger partial charge in [-0.05, 0) is 47.2 Å². The lowest BCUT2D eigenvalue weighted by atomic mass is 10.2. The van der Waals surface area contributed by atoms with Gasteiger partial charge in [0.2, 0.25) is 10.0 Å². The normalized spacial score (nSPS) is 11.6. The van der Waals surface area contributed by atoms with Gasteiger partial charge in [0.05, 0.1) is 17.6 Å². The number of ether oxygens (including phenoxy) is 1. The third-order valence-electron chi connectivity index (χ3n) is 3.74. The van der Waals surface area contributed by atoms with Gasteiger partial charge < -0.3 is 4.74 Å². The van der Waals surface area contributed by atoms with Crippen LogP contribution >= 0.6 is 22.7 Å². The Balaban J connectivity index is 1.91. The van der Waals surface area contributed by atoms with Gasteiger partial charge in [-0.3, -0.25) is 0 Å². The molecule has 0 fully saturated rings. The summed E-state index contributed by atoms with van der Waals surface area (Å²) >= 11 is 3.04. The Kier molecular flexibility index (Phi) is 5.87. The van der Waals surface area contributed by atoms with Gasteiger partial charge in [0.15, 0.2) is 0 Å². The molecule has 1 aromatic carbocycles. The smallest absolute Gasteiger partial charge is 0.337 e. The van der Waals surface area contributed by atoms with E-state index >= 15 is 0 Å². The number of benzene rings is 1. The summed E-state index contributed by atoms with van der Waals surface area (Å²) in [7, 11) is -2.42. The molecule has 0 N–H and O–H groups in total. The molecule has 0 spiro atoms. The number of nitrogens with zero attached hydrogens (tertiary/aromatic N) is 1. The van der Waals surface area contributed by atoms with Crippen molar-refractivity contribution in [2.24, 2.45) is 0 Å². The quantitative estimate of drug-likeness (QED) is 0.556. The van der Waals surface area contributed by atoms with E-state index in [1.807, 2.05) is 35.0 Å². The van der Waals surface area contributed by atoms with E-state index in [0.717, 1.165) is 9.75 Å². The average Bonchev–Trinajstić information content (AvgIpc) is 3.34. The van der Waals surface area contributed by atoms with Crippen LogP contribution in [0.25, 0.3) is 0 Å². The van der Waals surface area contributed by atoms with Gasteiger partial charge in [0, 0.05) is 22.8 Å². The number of thiophene rings is 2. The van der Waals surface area contributed by atoms with Crippen molar-refractivity contribution in [3.05, 3.63) is 74.6 Å². The van der Waals surface area contributed by atoms with Gasteiger partial charge in [0.1, 0.15) is 0 Å². The number of methoxy groups -OCH3 is 1. The Hall–Kier alpha value is -2.00. The van der Waals surface area contributed by atoms with Crippen molar-refractivity contribution in [1.29, 1.82) is 0 Å². The maximum Gasteiger partial charge on any atom is 0.337 e. The second-order valence-electron chi connectivity index (χ2n) is 5.45. The van der Waals surface area contributed by atoms with Crippen molar-refractivity contribution in [3.8, 4) is 0 Å². The van der Waals surface area contributed by atoms with Crippen LogP contribution in [0.15, 0.2) is 64.2 Å². The first-order valence-corrected chi connectivity index (χ1v) is 10.9. The topological polar surface area (TPSA) is 63.7 Å². The lowest BCUT2D eigenvalue weighted by Crippen LogP contribution is -2.29. The van der Waals surface area contributed by atoms with Crippen LogP contribution in [0.1, 0.15) is 20.1 Å². The third kappa shape index (κ3) is 4.21. The van der Waals surface area contributed by atoms with Gasteiger partial charge in [-0.25, -0.2) is 13.2 Å². The number of carbonyl (C=O) groups is 1. The summed E-state index contributed by atoms with van der Waals surface area (Å²) in [4.78, 5) is 13.6. The molecule has 3 rings (SSSR count). The Morgan fingerprint density at radius 3 is 1.92 bits per heavy atom. The van der Waals surface area contributed by atoms with Crippen molar-refractivity contribution < 1.29 is 17.9 Å². The maximum atomic E-state index is 13.2. The van der Waals surface area contributed by atoms with Gasteiger partial charge in [-0.15, -0.1) is 22.7 Å². The predicted octanol–water partition coefficient (Wildman–Crippen LogP) is 3.99. The fourth-order valence-corrected chi connectivity index (χ4v) is 5.41. The second-order valence-corrected chi connectivity index (χ2v) is 9.45. The van der Waals surface area contributed by atoms with Crippen molar-refractivity contribution in [2.45, 2.75) is 18.0 Å². The van der Waals surface area contributed by atoms with E-state index in [4.69, 9.17) is 0 Å². The summed E-state index contributed by atoms with van der Waals surface area (Å²) in [6.45, 7) is 0.604. The molecule has 0 amide bonds. The lowest BCUT2D eigenvalue weighted by Gasteiger charge is -2.21. The largest absolute Gasteiger partial charge is 0.465 e. The number of esters is 1. The van der Waals surface area contributed by atoms with Crippen LogP contribution in [-0.2, 0) is 27.8 Å². The van der Waals surface area contributed by atoms with Crippen LogP contribution < -0.4 is 0 Å². The van der Waals surface area contributed by atoms with E-state index in [9.17, 15) is 13.2 Å². The minimum absolute atomic E-state index is 0.151. The van der Waals surface area contributed by atoms with Crippen LogP contribution in [-0.4, -0.2) is 25.8 Å². The fourth-order valence-electron chi connectivity index (χ4n) is 2.41. The van der Waals surface area contributed by atoms with Crippen LogP contribution in [0.5, 0.6) is 0 Å². The zero-order valence-electron chi connectivity index (χ0n) is 14.0. The molecule has 0 aliphatic heterocycles. The Morgan fingerprint density at radius 1 is 0.962 bits per heavy atom. The van der Waals surface area contributed by atoms with E-state index in [-0.39, 0.29) is 4.90 Å². The molecule has 3 aromatic rings. The van der Waals surface area contributed by atoms with E-state index < -0.39 is 16.0 Å². The monoisotopic (exact) mass is 407 g/mol. The summed E-state index contributed by atoms with van der Waals surface area (Å²) in [6.07, 6.45) is 0. The van der Waals surface area contributed by atoms with Crippen LogP contribution in [0.2, 0.25) is 0 Å². The van der Waals surface area contributed by atoms with Crippen LogP contribution in [0, 0.1) is 0 Å². The maximum absolute atomic E-state index is 13.2. The molecule has 0 saturated heterocycles. The number of sulfonamides is 1. The minimum Gasteiger partial charge on any atom is -0.465 e. The molecule has 8 heteroatoms. The molecule has 0 radical (unpaired) electrons. The highest BCUT2D eigenvalue weighted by Crippen LogP contribution is 2.24. The van der Waals surface area contributed by atoms with Crippen molar-refractivity contribution in [1.82, 2.24) is 4.31 Å². The van der Waals surface area contributed by atoms with E-state index in [0.29, 0.717) is 18.7 Å². The molecule has 0 atom stereocenters. The second kappa shape index (κ2) is 8.13. The molecule has 0 aliphatic rings. The van der Waals surface area contributed by atoms with Gasteiger partial charge >= 0.3 is 5.97 Å². The molecule has 2 heterocycles. The molecule has 0 unspecified atom stereocenters. The first-order chi connectivity index (χ1) is 12.5. The van der Waals surface area contributed by atoms with Crippen molar-refractivity contribution >= 4 is 38.7 Å². The molecule has 5 nitrogen and oxygen atoms in total. The summed E-state index contributed by atoms with van der Waals surface area (Å²) in [5.74, 6) is -0.497. The van der Waals surface area contributed by atoms with Crippen LogP contribution in [0.4, 0.5) is 0 Å². The number of carbonyl (C=O) groups excluding carboxylic acids is 1. The zero-order chi connectivity index (χ0) is 18.6. The van der Waals surface area contributed by atoms with E-state index in [1.54, 1.807) is 0 Å². The van der Waals surface area contributed by atoms with Crippen molar-refractivity contribution in [3.63, 3.8) is 0 Å². The van der Waals surface area contributed by atoms with E-state index in [2.05, 4.69) is 4.74 Å². The third-order valence-corrected chi connectivity index (χ3v) is 7.27. The van der Waals surface area contributed by atoms with Crippen molar-refractivity contribution in [2.75, 3.05) is 7.11 Å². The van der Waals surface area contributed by atoms with Gasteiger partial charge in [0.25, 0.3) is 0 Å². The molecule has 0 aliphatic carbocycles. The summed E-state index contributed by atoms with van der Waals surface area (Å²) in [6, 6.07) is 13.5. The molecule has 26 heavy (non-hydrogen) atoms. The average molecular weight is 408 g/mol. The van der Waals surface area contributed by atoms with Gasteiger partial charge in [-0.2, -0.15) is 4.31 Å². The highest BCUT2D eigenvalue weighted by Gasteiger charge is 2.26. The standard InChI is InChI=1S/C18H17NO4S3/c1-23-18(20)14-6-8-17(9-7-14)26(21,22)19(12-15-4-2-10-24-15)13-16-5-3-11-25-16/h2-11H,12-13H2,1H3. The molecular formula is C18H17NO4S3. The SMILES string of the molecule is COC(=O)c1ccc(S(=O)(=O)N(Cc2cccs2)Cc2cccs2)cc1. The fraction of sp³-hybridized carbons (Fsp3) is 0.167. The molecule has 136 valence electrons. The zero-order valence-corrected chi connectivity index (χ0v) is 16.4. The number of hydrogen-bond donors (Lipinski definition) is 0. The first-order valence-electron chi connectivity index (χ1n) is 7.74. The molecule has 2 aromatic heterocycles. The van der Waals surface area contributed by atoms with E-state index in [1.165, 1.54) is 58.4 Å². The molecular weight excluding hydrogens is 390 g/mol. The summed E-state index contributed by atoms with van der Waals surface area (Å²) < 4.78 is 32.4. The molecule has 0 saturated carbocycles. The Bertz CT molecular complexity index is 910. The first kappa shape index (κ1) is 18.8. The number of rotatable bonds is 7. The Labute approximate surface area is 160 Å². The summed E-state index contributed by atoms with van der Waals surface area (Å²) in [5.41, 5.74) is 0.314. The molecule has 0 bridgehead atoms. The Morgan fingerprint density at radius 2 is 1.50 bits per heavy atom. The minimum atomic E-state index is -3.71. The van der Waals surface area contributed by atoms with Crippen LogP contribution in [0.3, 0.4) is 0 Å². The highest BCUT2D eigenvalue weighted by atomic mass is 32.2. The van der Waals surface area contributed by atoms with Gasteiger partial charge in [-0.1, -0.05) is 12.1 Å². The number of hydrogen-bond acceptors (Lipinski definition) is 6. The summed E-state index contributed by atoms with van der Waals surface area (Å²) in [5, 5.41) is 3.85. The predicted molar refractivity (Wildman–Crippen MR) is 103 cm³/mol.